The summed E-state index contributed by atoms with van der Waals surface area (Å²) >= 11 is 0. The van der Waals surface area contributed by atoms with Crippen LogP contribution in [0, 0.1) is 18.6 Å². The van der Waals surface area contributed by atoms with Crippen molar-refractivity contribution in [1.82, 2.24) is 4.98 Å². The van der Waals surface area contributed by atoms with Gasteiger partial charge in [-0.1, -0.05) is 6.92 Å². The highest BCUT2D eigenvalue weighted by Crippen LogP contribution is 2.25. The number of hydrogen-bond donors (Lipinski definition) is 1. The summed E-state index contributed by atoms with van der Waals surface area (Å²) in [6.45, 7) is 3.42. The highest BCUT2D eigenvalue weighted by Gasteiger charge is 2.13. The van der Waals surface area contributed by atoms with E-state index in [2.05, 4.69) is 4.98 Å². The Morgan fingerprint density at radius 2 is 2.00 bits per heavy atom. The SMILES string of the molecule is CCc1cc2c(F)c(C)cc(F)c2nc1N. The van der Waals surface area contributed by atoms with E-state index in [9.17, 15) is 8.78 Å². The van der Waals surface area contributed by atoms with Crippen LogP contribution < -0.4 is 5.73 Å². The Balaban J connectivity index is 2.90. The summed E-state index contributed by atoms with van der Waals surface area (Å²) in [7, 11) is 0. The van der Waals surface area contributed by atoms with E-state index in [4.69, 9.17) is 5.73 Å². The van der Waals surface area contributed by atoms with Crippen molar-refractivity contribution in [2.75, 3.05) is 5.73 Å². The highest BCUT2D eigenvalue weighted by molar-refractivity contribution is 5.83. The summed E-state index contributed by atoms with van der Waals surface area (Å²) < 4.78 is 27.3. The number of anilines is 1. The fourth-order valence-corrected chi connectivity index (χ4v) is 1.74. The van der Waals surface area contributed by atoms with Crippen LogP contribution in [0.4, 0.5) is 14.6 Å². The summed E-state index contributed by atoms with van der Waals surface area (Å²) in [5, 5.41) is 0.198. The minimum atomic E-state index is -0.539. The van der Waals surface area contributed by atoms with Gasteiger partial charge in [-0.15, -0.1) is 0 Å². The van der Waals surface area contributed by atoms with E-state index < -0.39 is 11.6 Å². The first-order valence-corrected chi connectivity index (χ1v) is 5.08. The van der Waals surface area contributed by atoms with Crippen molar-refractivity contribution in [1.29, 1.82) is 0 Å². The molecule has 16 heavy (non-hydrogen) atoms. The van der Waals surface area contributed by atoms with Crippen LogP contribution in [0.1, 0.15) is 18.1 Å². The predicted molar refractivity (Wildman–Crippen MR) is 60.2 cm³/mol. The molecular weight excluding hydrogens is 210 g/mol. The second kappa shape index (κ2) is 3.70. The van der Waals surface area contributed by atoms with Crippen molar-refractivity contribution in [2.24, 2.45) is 0 Å². The molecule has 1 aromatic heterocycles. The lowest BCUT2D eigenvalue weighted by Gasteiger charge is -2.08. The van der Waals surface area contributed by atoms with Crippen LogP contribution in [-0.2, 0) is 6.42 Å². The Morgan fingerprint density at radius 1 is 1.31 bits per heavy atom. The highest BCUT2D eigenvalue weighted by atomic mass is 19.1. The zero-order valence-electron chi connectivity index (χ0n) is 9.14. The quantitative estimate of drug-likeness (QED) is 0.805. The van der Waals surface area contributed by atoms with Gasteiger partial charge < -0.3 is 5.73 Å². The number of halogens is 2. The first kappa shape index (κ1) is 10.8. The maximum atomic E-state index is 13.8. The minimum Gasteiger partial charge on any atom is -0.383 e. The molecule has 0 spiro atoms. The van der Waals surface area contributed by atoms with E-state index in [1.165, 1.54) is 6.92 Å². The van der Waals surface area contributed by atoms with Crippen LogP contribution in [0.25, 0.3) is 10.9 Å². The molecule has 0 bridgehead atoms. The van der Waals surface area contributed by atoms with Gasteiger partial charge in [-0.2, -0.15) is 0 Å². The monoisotopic (exact) mass is 222 g/mol. The minimum absolute atomic E-state index is 0.00204. The summed E-state index contributed by atoms with van der Waals surface area (Å²) in [4.78, 5) is 3.91. The van der Waals surface area contributed by atoms with Gasteiger partial charge in [0.25, 0.3) is 0 Å². The average Bonchev–Trinajstić information content (AvgIpc) is 2.25. The second-order valence-electron chi connectivity index (χ2n) is 3.77. The molecule has 2 rings (SSSR count). The lowest BCUT2D eigenvalue weighted by atomic mass is 10.1. The number of nitrogens with zero attached hydrogens (tertiary/aromatic N) is 1. The maximum Gasteiger partial charge on any atom is 0.149 e. The normalized spacial score (nSPS) is 11.0. The van der Waals surface area contributed by atoms with Crippen molar-refractivity contribution in [2.45, 2.75) is 20.3 Å². The molecule has 1 heterocycles. The van der Waals surface area contributed by atoms with E-state index >= 15 is 0 Å². The number of rotatable bonds is 1. The molecule has 0 aliphatic carbocycles. The molecule has 2 N–H and O–H groups in total. The Kier molecular flexibility index (Phi) is 2.50. The number of hydrogen-bond acceptors (Lipinski definition) is 2. The van der Waals surface area contributed by atoms with E-state index in [0.29, 0.717) is 6.42 Å². The van der Waals surface area contributed by atoms with Crippen LogP contribution in [-0.4, -0.2) is 4.98 Å². The standard InChI is InChI=1S/C12H12F2N2/c1-3-7-5-8-10(14)6(2)4-9(13)11(8)16-12(7)15/h4-5H,3H2,1-2H3,(H2,15,16). The Bertz CT molecular complexity index is 565. The topological polar surface area (TPSA) is 38.9 Å². The van der Waals surface area contributed by atoms with Crippen molar-refractivity contribution in [3.8, 4) is 0 Å². The molecule has 0 radical (unpaired) electrons. The zero-order valence-corrected chi connectivity index (χ0v) is 9.14. The first-order valence-electron chi connectivity index (χ1n) is 5.08. The number of nitrogen functional groups attached to an aromatic ring is 1. The number of nitrogens with two attached hydrogens (primary N) is 1. The Hall–Kier alpha value is -1.71. The largest absolute Gasteiger partial charge is 0.383 e. The molecule has 1 aromatic carbocycles. The third-order valence-corrected chi connectivity index (χ3v) is 2.67. The van der Waals surface area contributed by atoms with E-state index in [1.807, 2.05) is 6.92 Å². The molecule has 0 saturated carbocycles. The third kappa shape index (κ3) is 1.50. The van der Waals surface area contributed by atoms with Gasteiger partial charge in [-0.25, -0.2) is 13.8 Å². The molecule has 0 aliphatic heterocycles. The summed E-state index contributed by atoms with van der Waals surface area (Å²) in [5.41, 5.74) is 6.66. The predicted octanol–water partition coefficient (Wildman–Crippen LogP) is 2.97. The van der Waals surface area contributed by atoms with Gasteiger partial charge in [0.2, 0.25) is 0 Å². The molecule has 84 valence electrons. The Labute approximate surface area is 92.1 Å². The maximum absolute atomic E-state index is 13.8. The molecule has 4 heteroatoms. The molecule has 0 atom stereocenters. The van der Waals surface area contributed by atoms with Crippen LogP contribution in [0.5, 0.6) is 0 Å². The Morgan fingerprint density at radius 3 is 2.62 bits per heavy atom. The zero-order chi connectivity index (χ0) is 11.9. The summed E-state index contributed by atoms with van der Waals surface area (Å²) in [5.74, 6) is -0.709. The van der Waals surface area contributed by atoms with Gasteiger partial charge in [0, 0.05) is 5.39 Å². The van der Waals surface area contributed by atoms with Gasteiger partial charge in [0.1, 0.15) is 23.0 Å². The molecule has 2 aromatic rings. The van der Waals surface area contributed by atoms with Crippen LogP contribution in [0.15, 0.2) is 12.1 Å². The molecule has 0 fully saturated rings. The van der Waals surface area contributed by atoms with Crippen molar-refractivity contribution in [3.05, 3.63) is 34.9 Å². The second-order valence-corrected chi connectivity index (χ2v) is 3.77. The summed E-state index contributed by atoms with van der Waals surface area (Å²) in [6.07, 6.45) is 0.643. The number of pyridine rings is 1. The van der Waals surface area contributed by atoms with Crippen LogP contribution in [0.2, 0.25) is 0 Å². The van der Waals surface area contributed by atoms with E-state index in [0.717, 1.165) is 11.6 Å². The average molecular weight is 222 g/mol. The van der Waals surface area contributed by atoms with Crippen LogP contribution >= 0.6 is 0 Å². The van der Waals surface area contributed by atoms with Crippen LogP contribution in [0.3, 0.4) is 0 Å². The molecule has 0 unspecified atom stereocenters. The van der Waals surface area contributed by atoms with Crippen molar-refractivity contribution < 1.29 is 8.78 Å². The number of benzene rings is 1. The van der Waals surface area contributed by atoms with E-state index in [1.54, 1.807) is 6.07 Å². The van der Waals surface area contributed by atoms with Crippen molar-refractivity contribution in [3.63, 3.8) is 0 Å². The summed E-state index contributed by atoms with van der Waals surface area (Å²) in [6, 6.07) is 2.71. The van der Waals surface area contributed by atoms with Gasteiger partial charge in [-0.3, -0.25) is 0 Å². The lowest BCUT2D eigenvalue weighted by Crippen LogP contribution is -2.00. The van der Waals surface area contributed by atoms with Gasteiger partial charge >= 0.3 is 0 Å². The number of aryl methyl sites for hydroxylation is 2. The van der Waals surface area contributed by atoms with Crippen molar-refractivity contribution >= 4 is 16.7 Å². The lowest BCUT2D eigenvalue weighted by molar-refractivity contribution is 0.607. The fraction of sp³-hybridized carbons (Fsp3) is 0.250. The molecule has 2 nitrogen and oxygen atoms in total. The van der Waals surface area contributed by atoms with Gasteiger partial charge in [0.15, 0.2) is 0 Å². The fourth-order valence-electron chi connectivity index (χ4n) is 1.74. The number of fused-ring (bicyclic) bond motifs is 1. The third-order valence-electron chi connectivity index (χ3n) is 2.67. The van der Waals surface area contributed by atoms with Gasteiger partial charge in [0.05, 0.1) is 0 Å². The molecular formula is C12H12F2N2. The first-order chi connectivity index (χ1) is 7.54. The van der Waals surface area contributed by atoms with E-state index in [-0.39, 0.29) is 22.3 Å². The smallest absolute Gasteiger partial charge is 0.149 e. The molecule has 0 amide bonds. The molecule has 0 aliphatic rings. The van der Waals surface area contributed by atoms with Gasteiger partial charge in [-0.05, 0) is 36.6 Å². The number of aromatic nitrogens is 1. The molecule has 0 saturated heterocycles.